The zero-order valence-electron chi connectivity index (χ0n) is 34.5. The number of esters is 1. The van der Waals surface area contributed by atoms with E-state index in [2.05, 4.69) is 31.3 Å². The minimum absolute atomic E-state index is 0.0234. The van der Waals surface area contributed by atoms with Crippen LogP contribution in [0, 0.1) is 0 Å². The van der Waals surface area contributed by atoms with Gasteiger partial charge in [-0.25, -0.2) is 0 Å². The molecule has 3 N–H and O–H groups in total. The SMILES string of the molecule is CCCCCCCCC/C=C/C(O)C(CO)NC(=O)CCCCCCC/C=C\CCCCCOC(=O)CCCCCCCCCCCCCCCC. The average Bonchev–Trinajstić information content (AvgIpc) is 3.14. The number of carbonyl (C=O) groups is 2. The smallest absolute Gasteiger partial charge is 0.305 e. The van der Waals surface area contributed by atoms with Crippen molar-refractivity contribution in [2.45, 2.75) is 244 Å². The normalized spacial score (nSPS) is 12.9. The van der Waals surface area contributed by atoms with Gasteiger partial charge in [-0.15, -0.1) is 0 Å². The Hall–Kier alpha value is -1.66. The van der Waals surface area contributed by atoms with Crippen LogP contribution in [0.4, 0.5) is 0 Å². The van der Waals surface area contributed by atoms with Gasteiger partial charge >= 0.3 is 5.97 Å². The Kier molecular flexibility index (Phi) is 40.7. The third-order valence-electron chi connectivity index (χ3n) is 10.2. The van der Waals surface area contributed by atoms with Gasteiger partial charge in [0.05, 0.1) is 25.4 Å². The van der Waals surface area contributed by atoms with Crippen LogP contribution in [-0.4, -0.2) is 47.4 Å². The van der Waals surface area contributed by atoms with Crippen molar-refractivity contribution in [3.05, 3.63) is 24.3 Å². The molecule has 0 aromatic heterocycles. The van der Waals surface area contributed by atoms with E-state index in [1.165, 1.54) is 122 Å². The maximum atomic E-state index is 12.3. The number of hydrogen-bond acceptors (Lipinski definition) is 5. The van der Waals surface area contributed by atoms with Gasteiger partial charge in [-0.05, 0) is 64.2 Å². The predicted octanol–water partition coefficient (Wildman–Crippen LogP) is 12.8. The summed E-state index contributed by atoms with van der Waals surface area (Å²) in [5.41, 5.74) is 0. The molecule has 0 radical (unpaired) electrons. The molecule has 0 aromatic carbocycles. The highest BCUT2D eigenvalue weighted by atomic mass is 16.5. The van der Waals surface area contributed by atoms with Crippen LogP contribution in [0.1, 0.15) is 232 Å². The number of ether oxygens (including phenoxy) is 1. The number of amides is 1. The van der Waals surface area contributed by atoms with E-state index in [1.807, 2.05) is 6.08 Å². The quantitative estimate of drug-likeness (QED) is 0.0330. The molecule has 2 atom stereocenters. The number of allylic oxidation sites excluding steroid dienone is 3. The number of nitrogens with one attached hydrogen (secondary N) is 1. The molecule has 0 bridgehead atoms. The van der Waals surface area contributed by atoms with Gasteiger partial charge < -0.3 is 20.3 Å². The summed E-state index contributed by atoms with van der Waals surface area (Å²) in [5, 5.41) is 22.8. The van der Waals surface area contributed by atoms with Crippen LogP contribution in [0.3, 0.4) is 0 Å². The Morgan fingerprint density at radius 2 is 0.904 bits per heavy atom. The predicted molar refractivity (Wildman–Crippen MR) is 223 cm³/mol. The molecule has 6 heteroatoms. The summed E-state index contributed by atoms with van der Waals surface area (Å²) in [6.07, 6.45) is 47.4. The van der Waals surface area contributed by atoms with Gasteiger partial charge in [-0.3, -0.25) is 9.59 Å². The first-order chi connectivity index (χ1) is 25.5. The number of aliphatic hydroxyl groups is 2. The molecule has 0 aliphatic heterocycles. The molecule has 52 heavy (non-hydrogen) atoms. The minimum Gasteiger partial charge on any atom is -0.466 e. The largest absolute Gasteiger partial charge is 0.466 e. The zero-order valence-corrected chi connectivity index (χ0v) is 34.5. The summed E-state index contributed by atoms with van der Waals surface area (Å²) >= 11 is 0. The molecule has 0 rings (SSSR count). The Morgan fingerprint density at radius 1 is 0.519 bits per heavy atom. The van der Waals surface area contributed by atoms with E-state index in [9.17, 15) is 19.8 Å². The lowest BCUT2D eigenvalue weighted by Gasteiger charge is -2.20. The van der Waals surface area contributed by atoms with Gasteiger partial charge in [-0.2, -0.15) is 0 Å². The number of rotatable bonds is 41. The molecule has 0 saturated carbocycles. The van der Waals surface area contributed by atoms with E-state index >= 15 is 0 Å². The van der Waals surface area contributed by atoms with Crippen LogP contribution < -0.4 is 5.32 Å². The summed E-state index contributed by atoms with van der Waals surface area (Å²) in [5.74, 6) is -0.121. The summed E-state index contributed by atoms with van der Waals surface area (Å²) < 4.78 is 5.43. The first kappa shape index (κ1) is 50.3. The van der Waals surface area contributed by atoms with Gasteiger partial charge in [0.15, 0.2) is 0 Å². The Balaban J connectivity index is 3.51. The van der Waals surface area contributed by atoms with E-state index < -0.39 is 12.1 Å². The maximum absolute atomic E-state index is 12.3. The van der Waals surface area contributed by atoms with Crippen LogP contribution in [0.2, 0.25) is 0 Å². The highest BCUT2D eigenvalue weighted by Gasteiger charge is 2.18. The second-order valence-electron chi connectivity index (χ2n) is 15.4. The van der Waals surface area contributed by atoms with E-state index in [4.69, 9.17) is 4.74 Å². The molecule has 6 nitrogen and oxygen atoms in total. The fraction of sp³-hybridized carbons (Fsp3) is 0.870. The summed E-state index contributed by atoms with van der Waals surface area (Å²) in [6.45, 7) is 4.80. The lowest BCUT2D eigenvalue weighted by molar-refractivity contribution is -0.143. The van der Waals surface area contributed by atoms with Gasteiger partial charge in [0.1, 0.15) is 0 Å². The van der Waals surface area contributed by atoms with Gasteiger partial charge in [0.25, 0.3) is 0 Å². The van der Waals surface area contributed by atoms with E-state index in [-0.39, 0.29) is 18.5 Å². The van der Waals surface area contributed by atoms with Crippen LogP contribution in [0.25, 0.3) is 0 Å². The molecule has 0 aliphatic rings. The van der Waals surface area contributed by atoms with Crippen molar-refractivity contribution in [2.75, 3.05) is 13.2 Å². The number of unbranched alkanes of at least 4 members (excludes halogenated alkanes) is 28. The Labute approximate surface area is 322 Å². The van der Waals surface area contributed by atoms with Crippen molar-refractivity contribution >= 4 is 11.9 Å². The Bertz CT molecular complexity index is 813. The first-order valence-electron chi connectivity index (χ1n) is 22.6. The van der Waals surface area contributed by atoms with Crippen molar-refractivity contribution in [2.24, 2.45) is 0 Å². The van der Waals surface area contributed by atoms with Crippen LogP contribution in [-0.2, 0) is 14.3 Å². The average molecular weight is 734 g/mol. The topological polar surface area (TPSA) is 95.9 Å². The van der Waals surface area contributed by atoms with Crippen molar-refractivity contribution in [3.63, 3.8) is 0 Å². The monoisotopic (exact) mass is 734 g/mol. The molecule has 0 saturated heterocycles. The molecule has 0 fully saturated rings. The summed E-state index contributed by atoms with van der Waals surface area (Å²) in [7, 11) is 0. The van der Waals surface area contributed by atoms with E-state index in [0.29, 0.717) is 19.4 Å². The number of carbonyl (C=O) groups excluding carboxylic acids is 2. The molecular formula is C46H87NO5. The van der Waals surface area contributed by atoms with Crippen molar-refractivity contribution < 1.29 is 24.5 Å². The van der Waals surface area contributed by atoms with Crippen molar-refractivity contribution in [1.29, 1.82) is 0 Å². The third-order valence-corrected chi connectivity index (χ3v) is 10.2. The highest BCUT2D eigenvalue weighted by molar-refractivity contribution is 5.76. The maximum Gasteiger partial charge on any atom is 0.305 e. The fourth-order valence-electron chi connectivity index (χ4n) is 6.68. The van der Waals surface area contributed by atoms with Gasteiger partial charge in [0.2, 0.25) is 5.91 Å². The molecule has 0 aromatic rings. The van der Waals surface area contributed by atoms with Crippen molar-refractivity contribution in [1.82, 2.24) is 5.32 Å². The lowest BCUT2D eigenvalue weighted by atomic mass is 10.0. The van der Waals surface area contributed by atoms with E-state index in [0.717, 1.165) is 83.5 Å². The Morgan fingerprint density at radius 3 is 1.37 bits per heavy atom. The third kappa shape index (κ3) is 38.1. The second kappa shape index (κ2) is 42.1. The lowest BCUT2D eigenvalue weighted by Crippen LogP contribution is -2.45. The summed E-state index contributed by atoms with van der Waals surface area (Å²) in [4.78, 5) is 24.3. The molecule has 0 spiro atoms. The first-order valence-corrected chi connectivity index (χ1v) is 22.6. The van der Waals surface area contributed by atoms with Crippen LogP contribution >= 0.6 is 0 Å². The molecular weight excluding hydrogens is 647 g/mol. The minimum atomic E-state index is -0.857. The second-order valence-corrected chi connectivity index (χ2v) is 15.4. The molecule has 1 amide bonds. The van der Waals surface area contributed by atoms with Gasteiger partial charge in [0, 0.05) is 12.8 Å². The zero-order chi connectivity index (χ0) is 38.0. The standard InChI is InChI=1S/C46H87NO5/c1-3-5-7-9-11-13-14-15-16-20-24-28-32-36-40-46(51)52-41-37-33-29-25-21-18-17-19-23-27-31-35-39-45(50)47-43(42-48)44(49)38-34-30-26-22-12-10-8-6-4-2/h18,21,34,38,43-44,48-49H,3-17,19-20,22-33,35-37,39-42H2,1-2H3,(H,47,50)/b21-18-,38-34+. The summed E-state index contributed by atoms with van der Waals surface area (Å²) in [6, 6.07) is -0.643. The number of aliphatic hydroxyl groups excluding tert-OH is 2. The molecule has 0 aliphatic carbocycles. The molecule has 306 valence electrons. The molecule has 0 heterocycles. The molecule has 2 unspecified atom stereocenters. The number of hydrogen-bond donors (Lipinski definition) is 3. The highest BCUT2D eigenvalue weighted by Crippen LogP contribution is 2.14. The fourth-order valence-corrected chi connectivity index (χ4v) is 6.68. The van der Waals surface area contributed by atoms with Crippen molar-refractivity contribution in [3.8, 4) is 0 Å². The van der Waals surface area contributed by atoms with Crippen LogP contribution in [0.5, 0.6) is 0 Å². The van der Waals surface area contributed by atoms with E-state index in [1.54, 1.807) is 6.08 Å². The van der Waals surface area contributed by atoms with Gasteiger partial charge in [-0.1, -0.05) is 179 Å². The van der Waals surface area contributed by atoms with Crippen LogP contribution in [0.15, 0.2) is 24.3 Å².